The van der Waals surface area contributed by atoms with E-state index < -0.39 is 0 Å². The third-order valence-electron chi connectivity index (χ3n) is 3.66. The summed E-state index contributed by atoms with van der Waals surface area (Å²) in [6.45, 7) is 4.47. The first-order valence-corrected chi connectivity index (χ1v) is 7.85. The van der Waals surface area contributed by atoms with Crippen LogP contribution in [0.5, 0.6) is 0 Å². The van der Waals surface area contributed by atoms with E-state index in [0.717, 1.165) is 12.8 Å². The van der Waals surface area contributed by atoms with Crippen LogP contribution in [-0.2, 0) is 12.8 Å². The molecule has 0 nitrogen and oxygen atoms in total. The first kappa shape index (κ1) is 14.8. The lowest BCUT2D eigenvalue weighted by atomic mass is 9.98. The minimum Gasteiger partial charge on any atom is -0.0654 e. The van der Waals surface area contributed by atoms with Crippen molar-refractivity contribution in [2.45, 2.75) is 52.4 Å². The minimum absolute atomic E-state index is 1.16. The zero-order valence-electron chi connectivity index (χ0n) is 12.7. The zero-order valence-corrected chi connectivity index (χ0v) is 12.7. The summed E-state index contributed by atoms with van der Waals surface area (Å²) in [6, 6.07) is 19.7. The number of rotatable bonds is 7. The molecule has 0 amide bonds. The zero-order chi connectivity index (χ0) is 14.2. The molecule has 0 aliphatic carbocycles. The van der Waals surface area contributed by atoms with Gasteiger partial charge in [0.1, 0.15) is 0 Å². The number of hydrogen-bond acceptors (Lipinski definition) is 0. The van der Waals surface area contributed by atoms with Crippen molar-refractivity contribution in [2.24, 2.45) is 0 Å². The molecule has 0 N–H and O–H groups in total. The van der Waals surface area contributed by atoms with E-state index >= 15 is 0 Å². The number of benzene rings is 2. The first-order chi connectivity index (χ1) is 9.83. The fraction of sp³-hybridized carbons (Fsp3) is 0.400. The van der Waals surface area contributed by atoms with E-state index in [1.54, 1.807) is 0 Å². The summed E-state index contributed by atoms with van der Waals surface area (Å²) in [7, 11) is 0. The molecule has 0 unspecified atom stereocenters. The molecule has 20 heavy (non-hydrogen) atoms. The molecular weight excluding hydrogens is 240 g/mol. The Bertz CT molecular complexity index is 476. The molecule has 2 rings (SSSR count). The van der Waals surface area contributed by atoms with Gasteiger partial charge in [-0.2, -0.15) is 0 Å². The lowest BCUT2D eigenvalue weighted by molar-refractivity contribution is 0.794. The highest BCUT2D eigenvalue weighted by Gasteiger charge is 2.02. The van der Waals surface area contributed by atoms with Crippen molar-refractivity contribution in [1.29, 1.82) is 0 Å². The fourth-order valence-corrected chi connectivity index (χ4v) is 2.41. The van der Waals surface area contributed by atoms with Crippen LogP contribution < -0.4 is 0 Å². The van der Waals surface area contributed by atoms with E-state index in [4.69, 9.17) is 0 Å². The Morgan fingerprint density at radius 1 is 0.750 bits per heavy atom. The molecule has 0 aromatic heterocycles. The molecule has 0 fully saturated rings. The Morgan fingerprint density at radius 2 is 1.20 bits per heavy atom. The fourth-order valence-electron chi connectivity index (χ4n) is 2.41. The van der Waals surface area contributed by atoms with E-state index in [1.165, 1.54) is 47.9 Å². The van der Waals surface area contributed by atoms with Crippen LogP contribution in [0.1, 0.15) is 50.7 Å². The molecule has 0 heterocycles. The second-order valence-corrected chi connectivity index (χ2v) is 5.43. The van der Waals surface area contributed by atoms with E-state index in [1.807, 2.05) is 12.1 Å². The Morgan fingerprint density at radius 3 is 1.60 bits per heavy atom. The molecule has 0 saturated heterocycles. The largest absolute Gasteiger partial charge is 0.0654 e. The smallest absolute Gasteiger partial charge is 0.00961 e. The molecule has 2 aromatic rings. The van der Waals surface area contributed by atoms with Crippen LogP contribution in [0.4, 0.5) is 0 Å². The van der Waals surface area contributed by atoms with Gasteiger partial charge < -0.3 is 0 Å². The quantitative estimate of drug-likeness (QED) is 0.607. The molecule has 0 saturated carbocycles. The van der Waals surface area contributed by atoms with Crippen LogP contribution in [0.2, 0.25) is 0 Å². The third kappa shape index (κ3) is 4.23. The van der Waals surface area contributed by atoms with Crippen molar-refractivity contribution in [2.75, 3.05) is 0 Å². The summed E-state index contributed by atoms with van der Waals surface area (Å²) in [5, 5.41) is 0. The molecule has 2 radical (unpaired) electrons. The van der Waals surface area contributed by atoms with Crippen molar-refractivity contribution < 1.29 is 0 Å². The van der Waals surface area contributed by atoms with E-state index in [2.05, 4.69) is 50.2 Å². The van der Waals surface area contributed by atoms with Crippen molar-refractivity contribution in [3.05, 3.63) is 59.7 Å². The lowest BCUT2D eigenvalue weighted by Gasteiger charge is -2.07. The molecular formula is C20H24. The Hall–Kier alpha value is -1.56. The summed E-state index contributed by atoms with van der Waals surface area (Å²) in [5.74, 6) is 0. The number of unbranched alkanes of at least 4 members (excludes halogenated alkanes) is 2. The van der Waals surface area contributed by atoms with Crippen LogP contribution in [0.3, 0.4) is 0 Å². The standard InChI is InChI=1S/C20H24/c1-3-5-9-17-11-7-13-19(15-17)20-14-8-12-18(16-20)10-6-4-2/h7-8,11-12,15-16H,3-6,9-10H2,1-2H3. The van der Waals surface area contributed by atoms with E-state index in [0.29, 0.717) is 0 Å². The maximum absolute atomic E-state index is 3.35. The van der Waals surface area contributed by atoms with E-state index in [9.17, 15) is 0 Å². The van der Waals surface area contributed by atoms with Gasteiger partial charge in [0, 0.05) is 0 Å². The normalized spacial score (nSPS) is 10.7. The molecule has 0 aliphatic rings. The monoisotopic (exact) mass is 264 g/mol. The lowest BCUT2D eigenvalue weighted by Crippen LogP contribution is -1.89. The minimum atomic E-state index is 1.16. The summed E-state index contributed by atoms with van der Waals surface area (Å²) >= 11 is 0. The predicted octanol–water partition coefficient (Wildman–Crippen LogP) is 5.64. The third-order valence-corrected chi connectivity index (χ3v) is 3.66. The van der Waals surface area contributed by atoms with Crippen molar-refractivity contribution in [3.63, 3.8) is 0 Å². The van der Waals surface area contributed by atoms with E-state index in [-0.39, 0.29) is 0 Å². The number of hydrogen-bond donors (Lipinski definition) is 0. The maximum atomic E-state index is 3.35. The van der Waals surface area contributed by atoms with Crippen LogP contribution in [-0.4, -0.2) is 0 Å². The predicted molar refractivity (Wildman–Crippen MR) is 86.8 cm³/mol. The second-order valence-electron chi connectivity index (χ2n) is 5.43. The second kappa shape index (κ2) is 7.89. The van der Waals surface area contributed by atoms with Gasteiger partial charge in [0.15, 0.2) is 0 Å². The highest BCUT2D eigenvalue weighted by Crippen LogP contribution is 2.22. The van der Waals surface area contributed by atoms with Crippen molar-refractivity contribution in [1.82, 2.24) is 0 Å². The van der Waals surface area contributed by atoms with Crippen LogP contribution in [0.15, 0.2) is 36.4 Å². The highest BCUT2D eigenvalue weighted by molar-refractivity contribution is 5.63. The van der Waals surface area contributed by atoms with Gasteiger partial charge in [0.25, 0.3) is 0 Å². The average Bonchev–Trinajstić information content (AvgIpc) is 2.51. The summed E-state index contributed by atoms with van der Waals surface area (Å²) in [6.07, 6.45) is 7.31. The van der Waals surface area contributed by atoms with Crippen molar-refractivity contribution >= 4 is 0 Å². The summed E-state index contributed by atoms with van der Waals surface area (Å²) in [5.41, 5.74) is 5.18. The summed E-state index contributed by atoms with van der Waals surface area (Å²) < 4.78 is 0. The molecule has 0 heteroatoms. The van der Waals surface area contributed by atoms with Gasteiger partial charge in [-0.05, 0) is 60.1 Å². The molecule has 104 valence electrons. The summed E-state index contributed by atoms with van der Waals surface area (Å²) in [4.78, 5) is 0. The Kier molecular flexibility index (Phi) is 5.86. The molecule has 0 spiro atoms. The number of aryl methyl sites for hydroxylation is 2. The van der Waals surface area contributed by atoms with Crippen LogP contribution >= 0.6 is 0 Å². The maximum Gasteiger partial charge on any atom is -0.00961 e. The van der Waals surface area contributed by atoms with Crippen LogP contribution in [0, 0.1) is 12.1 Å². The van der Waals surface area contributed by atoms with Crippen molar-refractivity contribution in [3.8, 4) is 11.1 Å². The SMILES string of the molecule is CCCCc1cc[c]c(-c2[c]ccc(CCCC)c2)c1. The van der Waals surface area contributed by atoms with Gasteiger partial charge in [-0.25, -0.2) is 0 Å². The van der Waals surface area contributed by atoms with Gasteiger partial charge in [0.2, 0.25) is 0 Å². The average molecular weight is 264 g/mol. The first-order valence-electron chi connectivity index (χ1n) is 7.85. The molecule has 2 aromatic carbocycles. The van der Waals surface area contributed by atoms with Gasteiger partial charge in [-0.3, -0.25) is 0 Å². The van der Waals surface area contributed by atoms with Gasteiger partial charge >= 0.3 is 0 Å². The van der Waals surface area contributed by atoms with Gasteiger partial charge in [0.05, 0.1) is 0 Å². The Balaban J connectivity index is 2.17. The van der Waals surface area contributed by atoms with Gasteiger partial charge in [-0.15, -0.1) is 0 Å². The molecule has 0 atom stereocenters. The van der Waals surface area contributed by atoms with Gasteiger partial charge in [-0.1, -0.05) is 63.1 Å². The molecule has 0 aliphatic heterocycles. The van der Waals surface area contributed by atoms with Crippen LogP contribution in [0.25, 0.3) is 11.1 Å². The Labute approximate surface area is 123 Å². The topological polar surface area (TPSA) is 0 Å². The molecule has 0 bridgehead atoms. The highest BCUT2D eigenvalue weighted by atomic mass is 14.1.